The maximum Gasteiger partial charge on any atom is 0.0298 e. The third kappa shape index (κ3) is 3.61. The lowest BCUT2D eigenvalue weighted by Crippen LogP contribution is -2.37. The normalized spacial score (nSPS) is 13.5. The van der Waals surface area contributed by atoms with Gasteiger partial charge in [-0.2, -0.15) is 11.8 Å². The van der Waals surface area contributed by atoms with Gasteiger partial charge in [0.05, 0.1) is 0 Å². The Labute approximate surface area is 133 Å². The fourth-order valence-electron chi connectivity index (χ4n) is 2.94. The van der Waals surface area contributed by atoms with Crippen LogP contribution in [0.25, 0.3) is 10.8 Å². The molecule has 2 heteroatoms. The van der Waals surface area contributed by atoms with Gasteiger partial charge in [0.2, 0.25) is 0 Å². The van der Waals surface area contributed by atoms with E-state index >= 15 is 0 Å². The fourth-order valence-corrected chi connectivity index (χ4v) is 3.74. The third-order valence-electron chi connectivity index (χ3n) is 4.74. The molecule has 0 spiro atoms. The van der Waals surface area contributed by atoms with Crippen LogP contribution in [0.3, 0.4) is 0 Å². The molecule has 0 aliphatic carbocycles. The molecule has 1 nitrogen and oxygen atoms in total. The van der Waals surface area contributed by atoms with Crippen molar-refractivity contribution in [1.82, 2.24) is 5.32 Å². The Bertz CT molecular complexity index is 561. The van der Waals surface area contributed by atoms with E-state index in [9.17, 15) is 0 Å². The Morgan fingerprint density at radius 2 is 1.71 bits per heavy atom. The monoisotopic (exact) mass is 301 g/mol. The van der Waals surface area contributed by atoms with Crippen LogP contribution in [0.4, 0.5) is 0 Å². The molecule has 0 saturated carbocycles. The summed E-state index contributed by atoms with van der Waals surface area (Å²) in [6, 6.07) is 15.6. The molecule has 1 N–H and O–H groups in total. The van der Waals surface area contributed by atoms with E-state index in [1.165, 1.54) is 29.2 Å². The van der Waals surface area contributed by atoms with Crippen LogP contribution in [-0.4, -0.2) is 17.5 Å². The van der Waals surface area contributed by atoms with E-state index < -0.39 is 0 Å². The van der Waals surface area contributed by atoms with Crippen LogP contribution in [0.1, 0.15) is 45.2 Å². The zero-order valence-corrected chi connectivity index (χ0v) is 14.5. The highest BCUT2D eigenvalue weighted by molar-refractivity contribution is 8.00. The van der Waals surface area contributed by atoms with Crippen molar-refractivity contribution in [3.05, 3.63) is 48.0 Å². The Hall–Kier alpha value is -0.990. The molecule has 0 heterocycles. The summed E-state index contributed by atoms with van der Waals surface area (Å²) < 4.78 is 0.360. The molecule has 1 unspecified atom stereocenters. The summed E-state index contributed by atoms with van der Waals surface area (Å²) in [5.74, 6) is 0. The lowest BCUT2D eigenvalue weighted by atomic mass is 9.98. The molecule has 0 radical (unpaired) electrons. The molecule has 0 aliphatic heterocycles. The van der Waals surface area contributed by atoms with Gasteiger partial charge in [-0.1, -0.05) is 56.3 Å². The van der Waals surface area contributed by atoms with E-state index in [2.05, 4.69) is 74.8 Å². The minimum absolute atomic E-state index is 0.360. The second-order valence-electron chi connectivity index (χ2n) is 5.77. The second-order valence-corrected chi connectivity index (χ2v) is 7.04. The zero-order chi connectivity index (χ0) is 15.3. The molecule has 2 aromatic rings. The van der Waals surface area contributed by atoms with Crippen LogP contribution in [0.5, 0.6) is 0 Å². The summed E-state index contributed by atoms with van der Waals surface area (Å²) in [7, 11) is 0. The molecular formula is C19H27NS. The van der Waals surface area contributed by atoms with Gasteiger partial charge in [0.25, 0.3) is 0 Å². The van der Waals surface area contributed by atoms with Crippen molar-refractivity contribution >= 4 is 22.5 Å². The van der Waals surface area contributed by atoms with E-state index in [0.717, 1.165) is 6.54 Å². The summed E-state index contributed by atoms with van der Waals surface area (Å²) in [4.78, 5) is 0. The van der Waals surface area contributed by atoms with Gasteiger partial charge in [0.1, 0.15) is 0 Å². The van der Waals surface area contributed by atoms with Crippen LogP contribution in [0, 0.1) is 0 Å². The first kappa shape index (κ1) is 16.4. The molecule has 114 valence electrons. The molecule has 0 aliphatic rings. The number of nitrogens with one attached hydrogen (secondary N) is 1. The summed E-state index contributed by atoms with van der Waals surface area (Å²) in [5.41, 5.74) is 1.40. The van der Waals surface area contributed by atoms with Gasteiger partial charge < -0.3 is 5.32 Å². The highest BCUT2D eigenvalue weighted by atomic mass is 32.2. The van der Waals surface area contributed by atoms with Crippen molar-refractivity contribution in [2.24, 2.45) is 0 Å². The van der Waals surface area contributed by atoms with E-state index in [1.807, 2.05) is 11.8 Å². The fraction of sp³-hybridized carbons (Fsp3) is 0.474. The van der Waals surface area contributed by atoms with Crippen molar-refractivity contribution in [2.75, 3.05) is 12.8 Å². The molecule has 2 rings (SSSR count). The standard InChI is InChI=1S/C19H27NS/c1-5-19(6-2,21-4)14-20-15(3)17-13-9-11-16-10-7-8-12-18(16)17/h7-13,15,20H,5-6,14H2,1-4H3. The van der Waals surface area contributed by atoms with Gasteiger partial charge in [-0.3, -0.25) is 0 Å². The summed E-state index contributed by atoms with van der Waals surface area (Å²) in [6.07, 6.45) is 4.65. The molecule has 0 saturated heterocycles. The first-order valence-electron chi connectivity index (χ1n) is 7.92. The predicted molar refractivity (Wildman–Crippen MR) is 97.2 cm³/mol. The maximum atomic E-state index is 3.76. The Morgan fingerprint density at radius 3 is 2.38 bits per heavy atom. The van der Waals surface area contributed by atoms with E-state index in [1.54, 1.807) is 0 Å². The smallest absolute Gasteiger partial charge is 0.0298 e. The molecule has 1 atom stereocenters. The number of rotatable bonds is 7. The van der Waals surface area contributed by atoms with Crippen molar-refractivity contribution in [3.8, 4) is 0 Å². The zero-order valence-electron chi connectivity index (χ0n) is 13.6. The van der Waals surface area contributed by atoms with Crippen LogP contribution < -0.4 is 5.32 Å². The topological polar surface area (TPSA) is 12.0 Å². The largest absolute Gasteiger partial charge is 0.309 e. The highest BCUT2D eigenvalue weighted by Crippen LogP contribution is 2.31. The second kappa shape index (κ2) is 7.33. The van der Waals surface area contributed by atoms with Crippen molar-refractivity contribution in [1.29, 1.82) is 0 Å². The van der Waals surface area contributed by atoms with E-state index in [0.29, 0.717) is 10.8 Å². The van der Waals surface area contributed by atoms with Crippen molar-refractivity contribution in [2.45, 2.75) is 44.4 Å². The number of hydrogen-bond acceptors (Lipinski definition) is 2. The quantitative estimate of drug-likeness (QED) is 0.733. The predicted octanol–water partition coefficient (Wildman–Crippen LogP) is 5.41. The van der Waals surface area contributed by atoms with Crippen LogP contribution in [0.15, 0.2) is 42.5 Å². The van der Waals surface area contributed by atoms with E-state index in [4.69, 9.17) is 0 Å². The van der Waals surface area contributed by atoms with E-state index in [-0.39, 0.29) is 0 Å². The van der Waals surface area contributed by atoms with Gasteiger partial charge in [-0.25, -0.2) is 0 Å². The minimum atomic E-state index is 0.360. The lowest BCUT2D eigenvalue weighted by molar-refractivity contribution is 0.461. The van der Waals surface area contributed by atoms with Crippen molar-refractivity contribution < 1.29 is 0 Å². The molecule has 0 bridgehead atoms. The van der Waals surface area contributed by atoms with Gasteiger partial charge >= 0.3 is 0 Å². The Balaban J connectivity index is 2.17. The molecule has 21 heavy (non-hydrogen) atoms. The summed E-state index contributed by atoms with van der Waals surface area (Å²) in [6.45, 7) is 7.93. The van der Waals surface area contributed by atoms with Gasteiger partial charge in [0.15, 0.2) is 0 Å². The number of benzene rings is 2. The SMILES string of the molecule is CCC(CC)(CNC(C)c1cccc2ccccc12)SC. The van der Waals surface area contributed by atoms with Crippen LogP contribution in [0.2, 0.25) is 0 Å². The van der Waals surface area contributed by atoms with Crippen LogP contribution >= 0.6 is 11.8 Å². The van der Waals surface area contributed by atoms with Gasteiger partial charge in [-0.15, -0.1) is 0 Å². The molecule has 0 aromatic heterocycles. The van der Waals surface area contributed by atoms with Crippen molar-refractivity contribution in [3.63, 3.8) is 0 Å². The Kier molecular flexibility index (Phi) is 5.72. The minimum Gasteiger partial charge on any atom is -0.309 e. The maximum absolute atomic E-state index is 3.76. The Morgan fingerprint density at radius 1 is 1.05 bits per heavy atom. The molecular weight excluding hydrogens is 274 g/mol. The first-order valence-corrected chi connectivity index (χ1v) is 9.14. The average molecular weight is 301 g/mol. The first-order chi connectivity index (χ1) is 10.2. The van der Waals surface area contributed by atoms with Gasteiger partial charge in [0, 0.05) is 17.3 Å². The number of fused-ring (bicyclic) bond motifs is 1. The average Bonchev–Trinajstić information content (AvgIpc) is 2.56. The molecule has 2 aromatic carbocycles. The van der Waals surface area contributed by atoms with Gasteiger partial charge in [-0.05, 0) is 42.4 Å². The molecule has 0 amide bonds. The highest BCUT2D eigenvalue weighted by Gasteiger charge is 2.25. The molecule has 0 fully saturated rings. The summed E-state index contributed by atoms with van der Waals surface area (Å²) in [5, 5.41) is 6.45. The number of thioether (sulfide) groups is 1. The number of hydrogen-bond donors (Lipinski definition) is 1. The third-order valence-corrected chi connectivity index (χ3v) is 6.33. The van der Waals surface area contributed by atoms with Crippen LogP contribution in [-0.2, 0) is 0 Å². The lowest BCUT2D eigenvalue weighted by Gasteiger charge is -2.31. The summed E-state index contributed by atoms with van der Waals surface area (Å²) >= 11 is 2.00.